The van der Waals surface area contributed by atoms with Crippen molar-refractivity contribution >= 4 is 29.3 Å². The molecule has 1 aliphatic carbocycles. The van der Waals surface area contributed by atoms with Crippen molar-refractivity contribution in [2.24, 2.45) is 5.92 Å². The number of nitrogens with zero attached hydrogens (tertiary/aromatic N) is 1. The number of likely N-dealkylation sites (tertiary alicyclic amines) is 1. The molecule has 0 spiro atoms. The van der Waals surface area contributed by atoms with Gasteiger partial charge in [0.1, 0.15) is 5.60 Å². The van der Waals surface area contributed by atoms with Crippen LogP contribution in [-0.2, 0) is 10.2 Å². The number of rotatable bonds is 2. The molecule has 1 heterocycles. The second-order valence-electron chi connectivity index (χ2n) is 9.69. The number of hydrogen-bond acceptors (Lipinski definition) is 3. The summed E-state index contributed by atoms with van der Waals surface area (Å²) >= 11 is 12.5. The van der Waals surface area contributed by atoms with Gasteiger partial charge in [-0.05, 0) is 83.4 Å². The second kappa shape index (κ2) is 7.70. The Morgan fingerprint density at radius 2 is 1.82 bits per heavy atom. The lowest BCUT2D eigenvalue weighted by Crippen LogP contribution is -2.45. The number of halogens is 2. The first-order valence-corrected chi connectivity index (χ1v) is 10.8. The topological polar surface area (TPSA) is 49.8 Å². The summed E-state index contributed by atoms with van der Waals surface area (Å²) in [6.07, 6.45) is 3.87. The molecular formula is C22H31Cl2NO3. The third kappa shape index (κ3) is 4.60. The van der Waals surface area contributed by atoms with Crippen LogP contribution in [0.3, 0.4) is 0 Å². The molecule has 2 fully saturated rings. The van der Waals surface area contributed by atoms with Crippen LogP contribution in [0.15, 0.2) is 18.2 Å². The molecule has 156 valence electrons. The van der Waals surface area contributed by atoms with Gasteiger partial charge in [-0.25, -0.2) is 4.79 Å². The van der Waals surface area contributed by atoms with E-state index in [0.717, 1.165) is 37.7 Å². The molecule has 0 radical (unpaired) electrons. The summed E-state index contributed by atoms with van der Waals surface area (Å²) in [6.45, 7) is 8.93. The van der Waals surface area contributed by atoms with Crippen molar-refractivity contribution in [3.05, 3.63) is 33.8 Å². The molecule has 1 amide bonds. The van der Waals surface area contributed by atoms with Crippen LogP contribution in [0.2, 0.25) is 10.0 Å². The van der Waals surface area contributed by atoms with Crippen LogP contribution in [0.25, 0.3) is 0 Å². The van der Waals surface area contributed by atoms with E-state index in [1.807, 2.05) is 44.7 Å². The number of carbonyl (C=O) groups is 1. The van der Waals surface area contributed by atoms with Crippen molar-refractivity contribution < 1.29 is 14.6 Å². The standard InChI is InChI=1S/C22H31Cl2NO3/c1-20(2,3)28-19(26)25-12-7-16(14-25)22(10-8-21(4,27)9-11-22)15-5-6-17(23)18(24)13-15/h5-6,13,16,27H,7-12,14H2,1-4H3. The first-order valence-electron chi connectivity index (χ1n) is 10.1. The summed E-state index contributed by atoms with van der Waals surface area (Å²) in [4.78, 5) is 14.4. The van der Waals surface area contributed by atoms with Crippen LogP contribution in [0, 0.1) is 5.92 Å². The molecule has 1 aliphatic heterocycles. The van der Waals surface area contributed by atoms with Crippen LogP contribution in [-0.4, -0.2) is 40.4 Å². The number of carbonyl (C=O) groups excluding carboxylic acids is 1. The zero-order chi connectivity index (χ0) is 20.7. The predicted octanol–water partition coefficient (Wildman–Crippen LogP) is 5.81. The summed E-state index contributed by atoms with van der Waals surface area (Å²) in [5, 5.41) is 11.6. The Labute approximate surface area is 178 Å². The fraction of sp³-hybridized carbons (Fsp3) is 0.682. The molecule has 1 aromatic carbocycles. The van der Waals surface area contributed by atoms with E-state index in [-0.39, 0.29) is 11.5 Å². The van der Waals surface area contributed by atoms with Crippen LogP contribution < -0.4 is 0 Å². The van der Waals surface area contributed by atoms with Crippen molar-refractivity contribution in [3.63, 3.8) is 0 Å². The quantitative estimate of drug-likeness (QED) is 0.647. The molecule has 1 saturated heterocycles. The normalized spacial score (nSPS) is 31.1. The Kier molecular flexibility index (Phi) is 5.97. The molecule has 1 atom stereocenters. The third-order valence-electron chi connectivity index (χ3n) is 6.34. The molecular weight excluding hydrogens is 397 g/mol. The molecule has 0 aromatic heterocycles. The van der Waals surface area contributed by atoms with E-state index in [9.17, 15) is 9.90 Å². The lowest BCUT2D eigenvalue weighted by Gasteiger charge is -2.47. The summed E-state index contributed by atoms with van der Waals surface area (Å²) in [5.41, 5.74) is -0.0929. The van der Waals surface area contributed by atoms with Crippen molar-refractivity contribution in [2.75, 3.05) is 13.1 Å². The monoisotopic (exact) mass is 427 g/mol. The Morgan fingerprint density at radius 3 is 2.39 bits per heavy atom. The van der Waals surface area contributed by atoms with Gasteiger partial charge >= 0.3 is 6.09 Å². The molecule has 1 aromatic rings. The molecule has 0 bridgehead atoms. The van der Waals surface area contributed by atoms with Gasteiger partial charge in [0, 0.05) is 18.5 Å². The molecule has 2 aliphatic rings. The van der Waals surface area contributed by atoms with Gasteiger partial charge in [0.05, 0.1) is 15.6 Å². The van der Waals surface area contributed by atoms with Crippen molar-refractivity contribution in [2.45, 2.75) is 76.4 Å². The second-order valence-corrected chi connectivity index (χ2v) is 10.5. The minimum Gasteiger partial charge on any atom is -0.444 e. The molecule has 1 N–H and O–H groups in total. The SMILES string of the molecule is CC1(O)CCC(c2ccc(Cl)c(Cl)c2)(C2CCN(C(=O)OC(C)(C)C)C2)CC1. The van der Waals surface area contributed by atoms with Gasteiger partial charge < -0.3 is 14.7 Å². The molecule has 28 heavy (non-hydrogen) atoms. The largest absolute Gasteiger partial charge is 0.444 e. The van der Waals surface area contributed by atoms with E-state index in [1.165, 1.54) is 0 Å². The number of ether oxygens (including phenoxy) is 1. The van der Waals surface area contributed by atoms with Gasteiger partial charge in [0.25, 0.3) is 0 Å². The van der Waals surface area contributed by atoms with Gasteiger partial charge in [-0.15, -0.1) is 0 Å². The smallest absolute Gasteiger partial charge is 0.410 e. The molecule has 1 unspecified atom stereocenters. The lowest BCUT2D eigenvalue weighted by molar-refractivity contribution is -0.0125. The maximum absolute atomic E-state index is 12.6. The van der Waals surface area contributed by atoms with Gasteiger partial charge in [-0.3, -0.25) is 0 Å². The van der Waals surface area contributed by atoms with E-state index in [0.29, 0.717) is 29.1 Å². The molecule has 3 rings (SSSR count). The molecule has 1 saturated carbocycles. The Hall–Kier alpha value is -0.970. The Bertz CT molecular complexity index is 732. The fourth-order valence-corrected chi connectivity index (χ4v) is 4.97. The van der Waals surface area contributed by atoms with Crippen LogP contribution in [0.5, 0.6) is 0 Å². The summed E-state index contributed by atoms with van der Waals surface area (Å²) in [7, 11) is 0. The van der Waals surface area contributed by atoms with Crippen molar-refractivity contribution in [1.29, 1.82) is 0 Å². The van der Waals surface area contributed by atoms with Crippen molar-refractivity contribution in [1.82, 2.24) is 4.90 Å². The minimum absolute atomic E-state index is 0.118. The first kappa shape index (κ1) is 21.7. The number of benzene rings is 1. The number of amides is 1. The fourth-order valence-electron chi connectivity index (χ4n) is 4.68. The van der Waals surface area contributed by atoms with Gasteiger partial charge in [0.15, 0.2) is 0 Å². The van der Waals surface area contributed by atoms with E-state index >= 15 is 0 Å². The zero-order valence-electron chi connectivity index (χ0n) is 17.2. The zero-order valence-corrected chi connectivity index (χ0v) is 18.7. The van der Waals surface area contributed by atoms with Gasteiger partial charge in [-0.2, -0.15) is 0 Å². The first-order chi connectivity index (χ1) is 12.9. The summed E-state index contributed by atoms with van der Waals surface area (Å²) in [5.74, 6) is 0.299. The van der Waals surface area contributed by atoms with E-state index < -0.39 is 11.2 Å². The Morgan fingerprint density at radius 1 is 1.18 bits per heavy atom. The maximum Gasteiger partial charge on any atom is 0.410 e. The lowest BCUT2D eigenvalue weighted by atomic mass is 9.59. The molecule has 6 heteroatoms. The summed E-state index contributed by atoms with van der Waals surface area (Å²) < 4.78 is 5.57. The average Bonchev–Trinajstić information content (AvgIpc) is 3.07. The highest BCUT2D eigenvalue weighted by Crippen LogP contribution is 2.51. The third-order valence-corrected chi connectivity index (χ3v) is 7.07. The van der Waals surface area contributed by atoms with E-state index in [1.54, 1.807) is 0 Å². The van der Waals surface area contributed by atoms with Crippen LogP contribution >= 0.6 is 23.2 Å². The minimum atomic E-state index is -0.636. The highest BCUT2D eigenvalue weighted by Gasteiger charge is 2.48. The number of aliphatic hydroxyl groups is 1. The predicted molar refractivity (Wildman–Crippen MR) is 113 cm³/mol. The van der Waals surface area contributed by atoms with E-state index in [2.05, 4.69) is 6.07 Å². The maximum atomic E-state index is 12.6. The van der Waals surface area contributed by atoms with Gasteiger partial charge in [-0.1, -0.05) is 29.3 Å². The van der Waals surface area contributed by atoms with Crippen LogP contribution in [0.4, 0.5) is 4.79 Å². The average molecular weight is 428 g/mol. The van der Waals surface area contributed by atoms with Crippen LogP contribution in [0.1, 0.15) is 65.4 Å². The number of hydrogen-bond donors (Lipinski definition) is 1. The van der Waals surface area contributed by atoms with Crippen molar-refractivity contribution in [3.8, 4) is 0 Å². The van der Waals surface area contributed by atoms with Gasteiger partial charge in [0.2, 0.25) is 0 Å². The highest BCUT2D eigenvalue weighted by molar-refractivity contribution is 6.42. The summed E-state index contributed by atoms with van der Waals surface area (Å²) in [6, 6.07) is 5.89. The highest BCUT2D eigenvalue weighted by atomic mass is 35.5. The van der Waals surface area contributed by atoms with E-state index in [4.69, 9.17) is 27.9 Å². The molecule has 4 nitrogen and oxygen atoms in total. The Balaban J connectivity index is 1.86.